The third-order valence-corrected chi connectivity index (χ3v) is 6.86. The van der Waals surface area contributed by atoms with Crippen LogP contribution in [0.2, 0.25) is 0 Å². The van der Waals surface area contributed by atoms with Gasteiger partial charge in [0, 0.05) is 50.5 Å². The Kier molecular flexibility index (Phi) is 7.94. The molecule has 4 rings (SSSR count). The summed E-state index contributed by atoms with van der Waals surface area (Å²) in [7, 11) is 4.09. The molecule has 0 spiro atoms. The lowest BCUT2D eigenvalue weighted by atomic mass is 9.86. The fourth-order valence-electron chi connectivity index (χ4n) is 4.89. The van der Waals surface area contributed by atoms with E-state index in [-0.39, 0.29) is 11.6 Å². The first-order chi connectivity index (χ1) is 16.9. The highest BCUT2D eigenvalue weighted by Crippen LogP contribution is 2.30. The van der Waals surface area contributed by atoms with Crippen molar-refractivity contribution in [2.24, 2.45) is 5.92 Å². The molecular formula is C26H34N6O3. The fraction of sp³-hybridized carbons (Fsp3) is 0.500. The molecule has 2 aliphatic rings. The Bertz CT molecular complexity index is 1080. The Morgan fingerprint density at radius 3 is 2.51 bits per heavy atom. The topological polar surface area (TPSA) is 113 Å². The van der Waals surface area contributed by atoms with E-state index in [4.69, 9.17) is 9.97 Å². The maximum atomic E-state index is 12.2. The summed E-state index contributed by atoms with van der Waals surface area (Å²) in [5, 5.41) is 17.3. The van der Waals surface area contributed by atoms with Crippen LogP contribution in [0.5, 0.6) is 0 Å². The van der Waals surface area contributed by atoms with Crippen LogP contribution in [0.15, 0.2) is 30.3 Å². The minimum Gasteiger partial charge on any atom is -0.362 e. The second kappa shape index (κ2) is 11.3. The van der Waals surface area contributed by atoms with Gasteiger partial charge in [-0.05, 0) is 81.1 Å². The van der Waals surface area contributed by atoms with Gasteiger partial charge >= 0.3 is 0 Å². The Balaban J connectivity index is 1.23. The van der Waals surface area contributed by atoms with Crippen LogP contribution in [0.3, 0.4) is 0 Å². The number of carbonyl (C=O) groups is 1. The van der Waals surface area contributed by atoms with E-state index in [0.29, 0.717) is 18.5 Å². The van der Waals surface area contributed by atoms with Gasteiger partial charge in [0.05, 0.1) is 10.6 Å². The summed E-state index contributed by atoms with van der Waals surface area (Å²) in [6.45, 7) is 0.649. The number of rotatable bonds is 8. The van der Waals surface area contributed by atoms with E-state index in [1.165, 1.54) is 42.3 Å². The van der Waals surface area contributed by atoms with E-state index in [1.807, 2.05) is 14.1 Å². The molecule has 2 N–H and O–H groups in total. The standard InChI is InChI=1S/C26H34N6O3/c1-31(2)25-22-5-3-4-6-23(22)29-26(30-25)28-20-12-7-19(8-13-20)17-27-24(33)16-11-18-9-14-21(15-10-18)32(34)35/h9-11,14-16,19-20H,3-8,12-13,17H2,1-2H3,(H,27,33)(H,28,29,30)/t19-,20+. The van der Waals surface area contributed by atoms with E-state index in [9.17, 15) is 14.9 Å². The third-order valence-electron chi connectivity index (χ3n) is 6.86. The zero-order chi connectivity index (χ0) is 24.8. The van der Waals surface area contributed by atoms with Gasteiger partial charge in [-0.25, -0.2) is 4.98 Å². The maximum absolute atomic E-state index is 12.2. The van der Waals surface area contributed by atoms with Crippen LogP contribution in [0, 0.1) is 16.0 Å². The number of non-ortho nitro benzene ring substituents is 1. The molecule has 1 amide bonds. The molecule has 0 aliphatic heterocycles. The largest absolute Gasteiger partial charge is 0.362 e. The number of carbonyl (C=O) groups excluding carboxylic acids is 1. The second-order valence-corrected chi connectivity index (χ2v) is 9.69. The molecule has 2 aliphatic carbocycles. The minimum absolute atomic E-state index is 0.0352. The molecule has 0 radical (unpaired) electrons. The van der Waals surface area contributed by atoms with Crippen molar-refractivity contribution >= 4 is 29.4 Å². The van der Waals surface area contributed by atoms with E-state index in [1.54, 1.807) is 18.2 Å². The summed E-state index contributed by atoms with van der Waals surface area (Å²) in [5.74, 6) is 2.08. The number of amides is 1. The number of hydrogen-bond donors (Lipinski definition) is 2. The van der Waals surface area contributed by atoms with Gasteiger partial charge in [-0.3, -0.25) is 14.9 Å². The van der Waals surface area contributed by atoms with Gasteiger partial charge in [-0.1, -0.05) is 0 Å². The van der Waals surface area contributed by atoms with Crippen molar-refractivity contribution in [1.82, 2.24) is 15.3 Å². The molecule has 0 unspecified atom stereocenters. The zero-order valence-electron chi connectivity index (χ0n) is 20.5. The third kappa shape index (κ3) is 6.55. The zero-order valence-corrected chi connectivity index (χ0v) is 20.5. The van der Waals surface area contributed by atoms with E-state index >= 15 is 0 Å². The summed E-state index contributed by atoms with van der Waals surface area (Å²) < 4.78 is 0. The lowest BCUT2D eigenvalue weighted by Gasteiger charge is -2.30. The molecule has 2 aromatic rings. The monoisotopic (exact) mass is 478 g/mol. The van der Waals surface area contributed by atoms with Gasteiger partial charge in [-0.15, -0.1) is 0 Å². The normalized spacial score (nSPS) is 19.7. The van der Waals surface area contributed by atoms with Gasteiger partial charge in [0.25, 0.3) is 5.69 Å². The van der Waals surface area contributed by atoms with Crippen molar-refractivity contribution < 1.29 is 9.72 Å². The molecule has 1 heterocycles. The van der Waals surface area contributed by atoms with E-state index in [0.717, 1.165) is 55.9 Å². The van der Waals surface area contributed by atoms with Crippen LogP contribution >= 0.6 is 0 Å². The number of aryl methyl sites for hydroxylation is 1. The number of nitrogens with zero attached hydrogens (tertiary/aromatic N) is 4. The molecule has 1 aromatic carbocycles. The highest BCUT2D eigenvalue weighted by molar-refractivity contribution is 5.91. The van der Waals surface area contributed by atoms with Gasteiger partial charge < -0.3 is 15.5 Å². The van der Waals surface area contributed by atoms with Crippen molar-refractivity contribution in [1.29, 1.82) is 0 Å². The number of nitrogens with one attached hydrogen (secondary N) is 2. The Hall–Kier alpha value is -3.49. The number of nitro benzene ring substituents is 1. The molecule has 1 saturated carbocycles. The molecule has 0 saturated heterocycles. The summed E-state index contributed by atoms with van der Waals surface area (Å²) >= 11 is 0. The molecule has 35 heavy (non-hydrogen) atoms. The number of anilines is 2. The molecule has 0 bridgehead atoms. The average molecular weight is 479 g/mol. The van der Waals surface area contributed by atoms with Crippen molar-refractivity contribution in [3.63, 3.8) is 0 Å². The fourth-order valence-corrected chi connectivity index (χ4v) is 4.89. The molecule has 186 valence electrons. The Morgan fingerprint density at radius 1 is 1.11 bits per heavy atom. The van der Waals surface area contributed by atoms with Crippen LogP contribution < -0.4 is 15.5 Å². The number of hydrogen-bond acceptors (Lipinski definition) is 7. The van der Waals surface area contributed by atoms with Crippen molar-refractivity contribution in [2.45, 2.75) is 57.4 Å². The van der Waals surface area contributed by atoms with Gasteiger partial charge in [0.1, 0.15) is 5.82 Å². The number of aromatic nitrogens is 2. The lowest BCUT2D eigenvalue weighted by Crippen LogP contribution is -2.33. The second-order valence-electron chi connectivity index (χ2n) is 9.69. The van der Waals surface area contributed by atoms with Crippen LogP contribution in [-0.2, 0) is 17.6 Å². The van der Waals surface area contributed by atoms with Crippen molar-refractivity contribution in [3.8, 4) is 0 Å². The predicted molar refractivity (Wildman–Crippen MR) is 138 cm³/mol. The van der Waals surface area contributed by atoms with Gasteiger partial charge in [0.15, 0.2) is 0 Å². The van der Waals surface area contributed by atoms with Crippen molar-refractivity contribution in [3.05, 3.63) is 57.3 Å². The SMILES string of the molecule is CN(C)c1nc(N[C@H]2CC[C@@H](CNC(=O)C=Cc3ccc([N+](=O)[O-])cc3)CC2)nc2c1CCCC2. The van der Waals surface area contributed by atoms with Crippen LogP contribution in [-0.4, -0.2) is 47.5 Å². The minimum atomic E-state index is -0.439. The molecule has 9 heteroatoms. The summed E-state index contributed by atoms with van der Waals surface area (Å²) in [4.78, 5) is 34.2. The van der Waals surface area contributed by atoms with E-state index in [2.05, 4.69) is 15.5 Å². The smallest absolute Gasteiger partial charge is 0.269 e. The van der Waals surface area contributed by atoms with E-state index < -0.39 is 4.92 Å². The Labute approximate surface area is 206 Å². The number of fused-ring (bicyclic) bond motifs is 1. The molecule has 0 atom stereocenters. The summed E-state index contributed by atoms with van der Waals surface area (Å²) in [6, 6.07) is 6.47. The number of benzene rings is 1. The van der Waals surface area contributed by atoms with Crippen LogP contribution in [0.4, 0.5) is 17.5 Å². The highest BCUT2D eigenvalue weighted by atomic mass is 16.6. The molecular weight excluding hydrogens is 444 g/mol. The predicted octanol–water partition coefficient (Wildman–Crippen LogP) is 4.13. The summed E-state index contributed by atoms with van der Waals surface area (Å²) in [6.07, 6.45) is 11.7. The van der Waals surface area contributed by atoms with Crippen LogP contribution in [0.25, 0.3) is 6.08 Å². The maximum Gasteiger partial charge on any atom is 0.269 e. The molecule has 1 aromatic heterocycles. The first-order valence-electron chi connectivity index (χ1n) is 12.4. The molecule has 9 nitrogen and oxygen atoms in total. The van der Waals surface area contributed by atoms with Gasteiger partial charge in [0.2, 0.25) is 11.9 Å². The first-order valence-corrected chi connectivity index (χ1v) is 12.4. The average Bonchev–Trinajstić information content (AvgIpc) is 2.86. The van der Waals surface area contributed by atoms with Gasteiger partial charge in [-0.2, -0.15) is 4.98 Å². The Morgan fingerprint density at radius 2 is 1.83 bits per heavy atom. The first kappa shape index (κ1) is 24.6. The highest BCUT2D eigenvalue weighted by Gasteiger charge is 2.24. The van der Waals surface area contributed by atoms with Crippen LogP contribution in [0.1, 0.15) is 55.3 Å². The lowest BCUT2D eigenvalue weighted by molar-refractivity contribution is -0.384. The number of nitro groups is 1. The summed E-state index contributed by atoms with van der Waals surface area (Å²) in [5.41, 5.74) is 3.27. The molecule has 1 fully saturated rings. The van der Waals surface area contributed by atoms with Crippen molar-refractivity contribution in [2.75, 3.05) is 30.9 Å². The quantitative estimate of drug-likeness (QED) is 0.333.